The fourth-order valence-corrected chi connectivity index (χ4v) is 2.32. The molecule has 1 saturated heterocycles. The fourth-order valence-electron chi connectivity index (χ4n) is 2.32. The number of carbonyl (C=O) groups is 1. The second-order valence-corrected chi connectivity index (χ2v) is 4.76. The van der Waals surface area contributed by atoms with Crippen LogP contribution in [0.1, 0.15) is 37.3 Å². The molecule has 2 N–H and O–H groups in total. The van der Waals surface area contributed by atoms with E-state index in [0.717, 1.165) is 25.1 Å². The number of primary amides is 1. The molecule has 1 amide bonds. The Morgan fingerprint density at radius 2 is 2.47 bits per heavy atom. The van der Waals surface area contributed by atoms with Gasteiger partial charge in [-0.25, -0.2) is 4.68 Å². The molecule has 0 aromatic carbocycles. The largest absolute Gasteiger partial charge is 0.376 e. The Kier molecular flexibility index (Phi) is 4.49. The molecule has 2 heterocycles. The predicted octanol–water partition coefficient (Wildman–Crippen LogP) is 0.192. The van der Waals surface area contributed by atoms with E-state index in [4.69, 9.17) is 15.2 Å². The number of hydrogen-bond acceptors (Lipinski definition) is 5. The van der Waals surface area contributed by atoms with Crippen LogP contribution in [0.25, 0.3) is 0 Å². The maximum absolute atomic E-state index is 11.1. The lowest BCUT2D eigenvalue weighted by Crippen LogP contribution is -2.21. The number of nitrogens with zero attached hydrogens (tertiary/aromatic N) is 3. The molecule has 0 radical (unpaired) electrons. The van der Waals surface area contributed by atoms with Crippen LogP contribution in [0.4, 0.5) is 0 Å². The zero-order valence-electron chi connectivity index (χ0n) is 11.3. The molecule has 0 aliphatic carbocycles. The van der Waals surface area contributed by atoms with Crippen molar-refractivity contribution >= 4 is 5.91 Å². The van der Waals surface area contributed by atoms with Crippen molar-refractivity contribution in [2.75, 3.05) is 13.7 Å². The summed E-state index contributed by atoms with van der Waals surface area (Å²) in [4.78, 5) is 11.1. The van der Waals surface area contributed by atoms with Crippen LogP contribution in [0.2, 0.25) is 0 Å². The Morgan fingerprint density at radius 3 is 3.05 bits per heavy atom. The minimum atomic E-state index is -0.422. The smallest absolute Gasteiger partial charge is 0.223 e. The maximum atomic E-state index is 11.1. The van der Waals surface area contributed by atoms with Gasteiger partial charge in [-0.1, -0.05) is 5.21 Å². The van der Waals surface area contributed by atoms with Crippen molar-refractivity contribution in [1.29, 1.82) is 0 Å². The van der Waals surface area contributed by atoms with Crippen LogP contribution in [-0.2, 0) is 27.2 Å². The second-order valence-electron chi connectivity index (χ2n) is 4.76. The van der Waals surface area contributed by atoms with Crippen molar-refractivity contribution in [1.82, 2.24) is 15.0 Å². The van der Waals surface area contributed by atoms with E-state index in [2.05, 4.69) is 10.3 Å². The summed E-state index contributed by atoms with van der Waals surface area (Å²) >= 11 is 0. The lowest BCUT2D eigenvalue weighted by molar-refractivity contribution is -0.117. The van der Waals surface area contributed by atoms with Gasteiger partial charge in [-0.05, 0) is 19.8 Å². The summed E-state index contributed by atoms with van der Waals surface area (Å²) < 4.78 is 12.7. The third-order valence-corrected chi connectivity index (χ3v) is 3.33. The SMILES string of the molecule is COC(C)c1c(CC(N)=O)nnn1CC1CCCO1. The monoisotopic (exact) mass is 268 g/mol. The van der Waals surface area contributed by atoms with Gasteiger partial charge in [0.05, 0.1) is 36.6 Å². The molecule has 1 aromatic heterocycles. The normalized spacial score (nSPS) is 20.6. The van der Waals surface area contributed by atoms with Gasteiger partial charge in [0.1, 0.15) is 0 Å². The van der Waals surface area contributed by atoms with Crippen LogP contribution in [0.3, 0.4) is 0 Å². The molecule has 2 atom stereocenters. The average Bonchev–Trinajstić information content (AvgIpc) is 2.99. The van der Waals surface area contributed by atoms with E-state index < -0.39 is 5.91 Å². The van der Waals surface area contributed by atoms with Gasteiger partial charge in [-0.15, -0.1) is 5.10 Å². The highest BCUT2D eigenvalue weighted by molar-refractivity contribution is 5.76. The number of carbonyl (C=O) groups excluding carboxylic acids is 1. The van der Waals surface area contributed by atoms with Crippen molar-refractivity contribution in [3.8, 4) is 0 Å². The van der Waals surface area contributed by atoms with E-state index in [1.807, 2.05) is 6.92 Å². The van der Waals surface area contributed by atoms with Crippen LogP contribution in [0, 0.1) is 0 Å². The quantitative estimate of drug-likeness (QED) is 0.795. The highest BCUT2D eigenvalue weighted by atomic mass is 16.5. The van der Waals surface area contributed by atoms with Gasteiger partial charge in [0.2, 0.25) is 5.91 Å². The fraction of sp³-hybridized carbons (Fsp3) is 0.750. The van der Waals surface area contributed by atoms with E-state index >= 15 is 0 Å². The Hall–Kier alpha value is -1.47. The van der Waals surface area contributed by atoms with Gasteiger partial charge >= 0.3 is 0 Å². The number of aromatic nitrogens is 3. The van der Waals surface area contributed by atoms with Crippen molar-refractivity contribution in [3.05, 3.63) is 11.4 Å². The summed E-state index contributed by atoms with van der Waals surface area (Å²) in [7, 11) is 1.61. The molecule has 0 bridgehead atoms. The minimum Gasteiger partial charge on any atom is -0.376 e. The molecular formula is C12H20N4O3. The Balaban J connectivity index is 2.20. The van der Waals surface area contributed by atoms with Crippen LogP contribution in [0.15, 0.2) is 0 Å². The number of nitrogens with two attached hydrogens (primary N) is 1. The maximum Gasteiger partial charge on any atom is 0.223 e. The zero-order chi connectivity index (χ0) is 13.8. The molecule has 7 heteroatoms. The molecular weight excluding hydrogens is 248 g/mol. The van der Waals surface area contributed by atoms with Gasteiger partial charge in [0, 0.05) is 13.7 Å². The first kappa shape index (κ1) is 14.0. The van der Waals surface area contributed by atoms with Crippen LogP contribution >= 0.6 is 0 Å². The molecule has 1 aliphatic rings. The molecule has 2 unspecified atom stereocenters. The van der Waals surface area contributed by atoms with Gasteiger partial charge in [-0.2, -0.15) is 0 Å². The van der Waals surface area contributed by atoms with E-state index in [-0.39, 0.29) is 18.6 Å². The third kappa shape index (κ3) is 3.30. The number of amides is 1. The molecule has 1 aliphatic heterocycles. The molecule has 106 valence electrons. The highest BCUT2D eigenvalue weighted by Crippen LogP contribution is 2.22. The lowest BCUT2D eigenvalue weighted by atomic mass is 10.1. The summed E-state index contributed by atoms with van der Waals surface area (Å²) in [6.45, 7) is 3.33. The van der Waals surface area contributed by atoms with Gasteiger partial charge in [-0.3, -0.25) is 4.79 Å². The standard InChI is InChI=1S/C12H20N4O3/c1-8(18-2)12-10(6-11(13)17)14-15-16(12)7-9-4-3-5-19-9/h8-9H,3-7H2,1-2H3,(H2,13,17). The molecule has 0 spiro atoms. The molecule has 0 saturated carbocycles. The van der Waals surface area contributed by atoms with E-state index in [9.17, 15) is 4.79 Å². The number of rotatable bonds is 6. The van der Waals surface area contributed by atoms with Gasteiger partial charge in [0.15, 0.2) is 0 Å². The summed E-state index contributed by atoms with van der Waals surface area (Å²) in [5.41, 5.74) is 6.61. The van der Waals surface area contributed by atoms with Gasteiger partial charge in [0.25, 0.3) is 0 Å². The average molecular weight is 268 g/mol. The van der Waals surface area contributed by atoms with E-state index in [0.29, 0.717) is 12.2 Å². The van der Waals surface area contributed by atoms with Crippen LogP contribution in [-0.4, -0.2) is 40.7 Å². The predicted molar refractivity (Wildman–Crippen MR) is 67.3 cm³/mol. The molecule has 19 heavy (non-hydrogen) atoms. The minimum absolute atomic E-state index is 0.0779. The third-order valence-electron chi connectivity index (χ3n) is 3.33. The molecule has 1 fully saturated rings. The number of ether oxygens (including phenoxy) is 2. The zero-order valence-corrected chi connectivity index (χ0v) is 11.3. The topological polar surface area (TPSA) is 92.3 Å². The van der Waals surface area contributed by atoms with Crippen molar-refractivity contribution in [2.45, 2.75) is 44.9 Å². The molecule has 7 nitrogen and oxygen atoms in total. The van der Waals surface area contributed by atoms with Gasteiger partial charge < -0.3 is 15.2 Å². The Morgan fingerprint density at radius 1 is 1.68 bits per heavy atom. The summed E-state index contributed by atoms with van der Waals surface area (Å²) in [6, 6.07) is 0. The molecule has 1 aromatic rings. The first-order chi connectivity index (χ1) is 9.11. The van der Waals surface area contributed by atoms with Crippen molar-refractivity contribution in [2.24, 2.45) is 5.73 Å². The summed E-state index contributed by atoms with van der Waals surface area (Å²) in [5, 5.41) is 8.14. The van der Waals surface area contributed by atoms with Crippen molar-refractivity contribution in [3.63, 3.8) is 0 Å². The van der Waals surface area contributed by atoms with Crippen LogP contribution in [0.5, 0.6) is 0 Å². The Labute approximate surface area is 112 Å². The van der Waals surface area contributed by atoms with E-state index in [1.54, 1.807) is 11.8 Å². The number of methoxy groups -OCH3 is 1. The lowest BCUT2D eigenvalue weighted by Gasteiger charge is -2.16. The van der Waals surface area contributed by atoms with E-state index in [1.165, 1.54) is 0 Å². The summed E-state index contributed by atoms with van der Waals surface area (Å²) in [5.74, 6) is -0.422. The first-order valence-electron chi connectivity index (χ1n) is 6.46. The first-order valence-corrected chi connectivity index (χ1v) is 6.46. The van der Waals surface area contributed by atoms with Crippen LogP contribution < -0.4 is 5.73 Å². The highest BCUT2D eigenvalue weighted by Gasteiger charge is 2.24. The molecule has 2 rings (SSSR count). The second kappa shape index (κ2) is 6.12. The van der Waals surface area contributed by atoms with Crippen molar-refractivity contribution < 1.29 is 14.3 Å². The summed E-state index contributed by atoms with van der Waals surface area (Å²) in [6.07, 6.45) is 2.14. The number of hydrogen-bond donors (Lipinski definition) is 1. The Bertz CT molecular complexity index is 440.